The lowest BCUT2D eigenvalue weighted by Gasteiger charge is -2.12. The zero-order valence-electron chi connectivity index (χ0n) is 11.5. The van der Waals surface area contributed by atoms with Crippen molar-refractivity contribution < 1.29 is 19.1 Å². The van der Waals surface area contributed by atoms with E-state index in [2.05, 4.69) is 0 Å². The average molecular weight is 278 g/mol. The lowest BCUT2D eigenvalue weighted by molar-refractivity contribution is -0.146. The Morgan fingerprint density at radius 3 is 2.00 bits per heavy atom. The van der Waals surface area contributed by atoms with Crippen molar-refractivity contribution in [3.63, 3.8) is 0 Å². The van der Waals surface area contributed by atoms with Gasteiger partial charge in [-0.2, -0.15) is 0 Å². The van der Waals surface area contributed by atoms with Crippen LogP contribution in [0.25, 0.3) is 5.70 Å². The SMILES string of the molecule is CCOC(=O)C(C(=O)OCC)=C(N)c1ccccc1N. The van der Waals surface area contributed by atoms with Crippen LogP contribution in [-0.2, 0) is 19.1 Å². The molecule has 0 spiro atoms. The van der Waals surface area contributed by atoms with E-state index in [9.17, 15) is 9.59 Å². The Hall–Kier alpha value is -2.50. The Morgan fingerprint density at radius 1 is 1.05 bits per heavy atom. The van der Waals surface area contributed by atoms with Gasteiger partial charge in [-0.25, -0.2) is 9.59 Å². The summed E-state index contributed by atoms with van der Waals surface area (Å²) in [6.07, 6.45) is 0. The van der Waals surface area contributed by atoms with Gasteiger partial charge >= 0.3 is 11.9 Å². The van der Waals surface area contributed by atoms with Gasteiger partial charge in [0.25, 0.3) is 0 Å². The molecule has 6 heteroatoms. The molecule has 0 bridgehead atoms. The van der Waals surface area contributed by atoms with Gasteiger partial charge in [0, 0.05) is 11.3 Å². The highest BCUT2D eigenvalue weighted by Gasteiger charge is 2.26. The standard InChI is InChI=1S/C14H18N2O4/c1-3-19-13(17)11(14(18)20-4-2)12(16)9-7-5-6-8-10(9)15/h5-8H,3-4,15-16H2,1-2H3. The van der Waals surface area contributed by atoms with Crippen LogP contribution in [0.1, 0.15) is 19.4 Å². The summed E-state index contributed by atoms with van der Waals surface area (Å²) in [5.41, 5.74) is 12.0. The lowest BCUT2D eigenvalue weighted by atomic mass is 10.1. The molecule has 108 valence electrons. The highest BCUT2D eigenvalue weighted by Crippen LogP contribution is 2.21. The summed E-state index contributed by atoms with van der Waals surface area (Å²) in [5, 5.41) is 0. The van der Waals surface area contributed by atoms with Crippen LogP contribution < -0.4 is 11.5 Å². The maximum Gasteiger partial charge on any atom is 0.347 e. The Kier molecular flexibility index (Phi) is 5.58. The monoisotopic (exact) mass is 278 g/mol. The van der Waals surface area contributed by atoms with E-state index in [-0.39, 0.29) is 24.5 Å². The van der Waals surface area contributed by atoms with Crippen LogP contribution in [0.5, 0.6) is 0 Å². The fourth-order valence-corrected chi connectivity index (χ4v) is 1.59. The quantitative estimate of drug-likeness (QED) is 0.274. The largest absolute Gasteiger partial charge is 0.462 e. The Bertz CT molecular complexity index is 518. The number of hydrogen-bond donors (Lipinski definition) is 2. The maximum atomic E-state index is 11.9. The van der Waals surface area contributed by atoms with E-state index in [1.165, 1.54) is 0 Å². The summed E-state index contributed by atoms with van der Waals surface area (Å²) in [5.74, 6) is -1.65. The molecule has 0 fully saturated rings. The van der Waals surface area contributed by atoms with Crippen molar-refractivity contribution in [2.24, 2.45) is 5.73 Å². The summed E-state index contributed by atoms with van der Waals surface area (Å²) in [4.78, 5) is 23.8. The van der Waals surface area contributed by atoms with Crippen LogP contribution in [0.2, 0.25) is 0 Å². The predicted octanol–water partition coefficient (Wildman–Crippen LogP) is 1.06. The number of para-hydroxylation sites is 1. The van der Waals surface area contributed by atoms with Crippen LogP contribution in [0.4, 0.5) is 5.69 Å². The molecular formula is C14H18N2O4. The Balaban J connectivity index is 3.33. The number of anilines is 1. The molecule has 0 aliphatic rings. The van der Waals surface area contributed by atoms with Gasteiger partial charge in [0.1, 0.15) is 0 Å². The van der Waals surface area contributed by atoms with Gasteiger partial charge in [0.2, 0.25) is 0 Å². The van der Waals surface area contributed by atoms with E-state index in [1.807, 2.05) is 0 Å². The molecule has 1 aromatic rings. The third kappa shape index (κ3) is 3.50. The third-order valence-electron chi connectivity index (χ3n) is 2.48. The number of nitrogen functional groups attached to an aromatic ring is 1. The summed E-state index contributed by atoms with van der Waals surface area (Å²) in [6.45, 7) is 3.51. The molecule has 0 aromatic heterocycles. The minimum Gasteiger partial charge on any atom is -0.462 e. The average Bonchev–Trinajstić information content (AvgIpc) is 2.40. The van der Waals surface area contributed by atoms with Gasteiger partial charge in [0.05, 0.1) is 18.9 Å². The molecule has 0 aliphatic carbocycles. The highest BCUT2D eigenvalue weighted by atomic mass is 16.6. The third-order valence-corrected chi connectivity index (χ3v) is 2.48. The van der Waals surface area contributed by atoms with Crippen molar-refractivity contribution in [3.8, 4) is 0 Å². The van der Waals surface area contributed by atoms with Crippen molar-refractivity contribution in [2.45, 2.75) is 13.8 Å². The van der Waals surface area contributed by atoms with E-state index in [0.29, 0.717) is 11.3 Å². The van der Waals surface area contributed by atoms with Crippen LogP contribution in [-0.4, -0.2) is 25.2 Å². The second-order valence-corrected chi connectivity index (χ2v) is 3.82. The number of hydrogen-bond acceptors (Lipinski definition) is 6. The number of carbonyl (C=O) groups excluding carboxylic acids is 2. The highest BCUT2D eigenvalue weighted by molar-refractivity contribution is 6.20. The van der Waals surface area contributed by atoms with Crippen molar-refractivity contribution in [1.82, 2.24) is 0 Å². The summed E-state index contributed by atoms with van der Waals surface area (Å²) < 4.78 is 9.67. The Labute approximate surface area is 117 Å². The molecule has 0 aliphatic heterocycles. The van der Waals surface area contributed by atoms with Gasteiger partial charge in [-0.05, 0) is 19.9 Å². The number of ether oxygens (including phenoxy) is 2. The van der Waals surface area contributed by atoms with Crippen molar-refractivity contribution in [3.05, 3.63) is 35.4 Å². The smallest absolute Gasteiger partial charge is 0.347 e. The van der Waals surface area contributed by atoms with Gasteiger partial charge < -0.3 is 20.9 Å². The predicted molar refractivity (Wildman–Crippen MR) is 75.2 cm³/mol. The van der Waals surface area contributed by atoms with Crippen molar-refractivity contribution in [2.75, 3.05) is 18.9 Å². The molecule has 20 heavy (non-hydrogen) atoms. The number of nitrogens with two attached hydrogens (primary N) is 2. The summed E-state index contributed by atoms with van der Waals surface area (Å²) >= 11 is 0. The molecule has 0 heterocycles. The molecule has 1 aromatic carbocycles. The van der Waals surface area contributed by atoms with Gasteiger partial charge in [-0.3, -0.25) is 0 Å². The normalized spacial score (nSPS) is 9.70. The van der Waals surface area contributed by atoms with E-state index < -0.39 is 11.9 Å². The number of esters is 2. The molecule has 6 nitrogen and oxygen atoms in total. The van der Waals surface area contributed by atoms with E-state index in [0.717, 1.165) is 0 Å². The molecule has 0 saturated carbocycles. The van der Waals surface area contributed by atoms with Crippen LogP contribution in [0, 0.1) is 0 Å². The van der Waals surface area contributed by atoms with Gasteiger partial charge in [-0.1, -0.05) is 18.2 Å². The molecule has 1 rings (SSSR count). The van der Waals surface area contributed by atoms with Gasteiger partial charge in [0.15, 0.2) is 5.57 Å². The summed E-state index contributed by atoms with van der Waals surface area (Å²) in [7, 11) is 0. The summed E-state index contributed by atoms with van der Waals surface area (Å²) in [6, 6.07) is 6.66. The molecule has 0 saturated heterocycles. The first-order valence-electron chi connectivity index (χ1n) is 6.21. The molecule has 0 unspecified atom stereocenters. The second-order valence-electron chi connectivity index (χ2n) is 3.82. The second kappa shape index (κ2) is 7.18. The number of carbonyl (C=O) groups is 2. The minimum atomic E-state index is -0.827. The zero-order valence-corrected chi connectivity index (χ0v) is 11.5. The molecule has 0 atom stereocenters. The van der Waals surface area contributed by atoms with Crippen LogP contribution in [0.15, 0.2) is 29.8 Å². The van der Waals surface area contributed by atoms with Crippen molar-refractivity contribution in [1.29, 1.82) is 0 Å². The topological polar surface area (TPSA) is 105 Å². The van der Waals surface area contributed by atoms with E-state index in [1.54, 1.807) is 38.1 Å². The minimum absolute atomic E-state index is 0.0556. The first kappa shape index (κ1) is 15.6. The first-order valence-corrected chi connectivity index (χ1v) is 6.21. The first-order chi connectivity index (χ1) is 9.52. The maximum absolute atomic E-state index is 11.9. The van der Waals surface area contributed by atoms with Crippen LogP contribution >= 0.6 is 0 Å². The fraction of sp³-hybridized carbons (Fsp3) is 0.286. The lowest BCUT2D eigenvalue weighted by Crippen LogP contribution is -2.22. The van der Waals surface area contributed by atoms with Crippen molar-refractivity contribution >= 4 is 23.3 Å². The molecule has 0 amide bonds. The van der Waals surface area contributed by atoms with E-state index in [4.69, 9.17) is 20.9 Å². The zero-order chi connectivity index (χ0) is 15.1. The van der Waals surface area contributed by atoms with E-state index >= 15 is 0 Å². The van der Waals surface area contributed by atoms with Crippen LogP contribution in [0.3, 0.4) is 0 Å². The Morgan fingerprint density at radius 2 is 1.55 bits per heavy atom. The molecular weight excluding hydrogens is 260 g/mol. The number of rotatable bonds is 5. The van der Waals surface area contributed by atoms with Gasteiger partial charge in [-0.15, -0.1) is 0 Å². The molecule has 4 N–H and O–H groups in total. The fourth-order valence-electron chi connectivity index (χ4n) is 1.59. The molecule has 0 radical (unpaired) electrons. The number of benzene rings is 1.